The second kappa shape index (κ2) is 8.00. The van der Waals surface area contributed by atoms with Crippen LogP contribution in [-0.4, -0.2) is 34.5 Å². The van der Waals surface area contributed by atoms with E-state index < -0.39 is 10.0 Å². The molecule has 0 radical (unpaired) electrons. The van der Waals surface area contributed by atoms with Gasteiger partial charge in [0.25, 0.3) is 5.91 Å². The van der Waals surface area contributed by atoms with E-state index >= 15 is 0 Å². The number of benzene rings is 2. The highest BCUT2D eigenvalue weighted by molar-refractivity contribution is 9.10. The zero-order valence-electron chi connectivity index (χ0n) is 15.2. The number of nitrogens with zero attached hydrogens (tertiary/aromatic N) is 1. The van der Waals surface area contributed by atoms with Crippen molar-refractivity contribution in [3.63, 3.8) is 0 Å². The summed E-state index contributed by atoms with van der Waals surface area (Å²) in [5, 5.41) is 2.85. The maximum absolute atomic E-state index is 12.6. The molecule has 0 spiro atoms. The van der Waals surface area contributed by atoms with Gasteiger partial charge in [-0.3, -0.25) is 4.79 Å². The van der Waals surface area contributed by atoms with Crippen molar-refractivity contribution in [2.24, 2.45) is 0 Å². The molecular formula is C19H22BrN3O3S. The number of halogens is 1. The summed E-state index contributed by atoms with van der Waals surface area (Å²) in [6, 6.07) is 12.3. The quantitative estimate of drug-likeness (QED) is 0.678. The van der Waals surface area contributed by atoms with Crippen LogP contribution in [0.3, 0.4) is 0 Å². The zero-order valence-corrected chi connectivity index (χ0v) is 17.6. The topological polar surface area (TPSA) is 78.5 Å². The lowest BCUT2D eigenvalue weighted by molar-refractivity contribution is 0.0950. The zero-order chi connectivity index (χ0) is 19.6. The fourth-order valence-electron chi connectivity index (χ4n) is 2.56. The molecule has 1 amide bonds. The van der Waals surface area contributed by atoms with Crippen molar-refractivity contribution in [2.45, 2.75) is 30.3 Å². The van der Waals surface area contributed by atoms with E-state index in [1.807, 2.05) is 43.3 Å². The Morgan fingerprint density at radius 2 is 1.93 bits per heavy atom. The molecule has 2 aromatic carbocycles. The van der Waals surface area contributed by atoms with Gasteiger partial charge < -0.3 is 10.2 Å². The highest BCUT2D eigenvalue weighted by Crippen LogP contribution is 2.25. The minimum atomic E-state index is -3.61. The maximum Gasteiger partial charge on any atom is 0.252 e. The van der Waals surface area contributed by atoms with Crippen LogP contribution in [0, 0.1) is 0 Å². The lowest BCUT2D eigenvalue weighted by Gasteiger charge is -2.14. The smallest absolute Gasteiger partial charge is 0.252 e. The minimum Gasteiger partial charge on any atom is -0.378 e. The Morgan fingerprint density at radius 3 is 2.59 bits per heavy atom. The highest BCUT2D eigenvalue weighted by atomic mass is 79.9. The van der Waals surface area contributed by atoms with E-state index in [1.165, 1.54) is 12.1 Å². The number of carbonyl (C=O) groups is 1. The van der Waals surface area contributed by atoms with Crippen molar-refractivity contribution in [2.75, 3.05) is 19.0 Å². The first kappa shape index (κ1) is 19.9. The van der Waals surface area contributed by atoms with Crippen LogP contribution in [-0.2, 0) is 16.6 Å². The molecule has 0 heterocycles. The van der Waals surface area contributed by atoms with Crippen LogP contribution < -0.4 is 14.9 Å². The molecule has 8 heteroatoms. The first-order valence-corrected chi connectivity index (χ1v) is 10.9. The molecule has 27 heavy (non-hydrogen) atoms. The molecule has 1 aliphatic rings. The predicted octanol–water partition coefficient (Wildman–Crippen LogP) is 2.89. The van der Waals surface area contributed by atoms with E-state index in [2.05, 4.69) is 26.0 Å². The summed E-state index contributed by atoms with van der Waals surface area (Å²) in [4.78, 5) is 14.7. The van der Waals surface area contributed by atoms with Gasteiger partial charge in [-0.2, -0.15) is 0 Å². The molecular weight excluding hydrogens is 430 g/mol. The summed E-state index contributed by atoms with van der Waals surface area (Å²) in [6.45, 7) is 0.351. The monoisotopic (exact) mass is 451 g/mol. The third kappa shape index (κ3) is 5.09. The Kier molecular flexibility index (Phi) is 5.88. The van der Waals surface area contributed by atoms with Gasteiger partial charge >= 0.3 is 0 Å². The largest absolute Gasteiger partial charge is 0.378 e. The van der Waals surface area contributed by atoms with E-state index in [9.17, 15) is 13.2 Å². The average Bonchev–Trinajstić information content (AvgIpc) is 3.43. The van der Waals surface area contributed by atoms with Crippen LogP contribution in [0.4, 0.5) is 5.69 Å². The SMILES string of the molecule is CN(C)c1cccc(CNC(=O)c2cc(S(=O)(=O)NC3CC3)ccc2Br)c1. The Labute approximate surface area is 168 Å². The number of carbonyl (C=O) groups excluding carboxylic acids is 1. The Morgan fingerprint density at radius 1 is 1.19 bits per heavy atom. The average molecular weight is 452 g/mol. The normalized spacial score (nSPS) is 14.0. The molecule has 1 aliphatic carbocycles. The van der Waals surface area contributed by atoms with Crippen LogP contribution >= 0.6 is 15.9 Å². The van der Waals surface area contributed by atoms with E-state index in [1.54, 1.807) is 6.07 Å². The number of nitrogens with one attached hydrogen (secondary N) is 2. The number of hydrogen-bond donors (Lipinski definition) is 2. The first-order chi connectivity index (χ1) is 12.8. The molecule has 0 saturated heterocycles. The first-order valence-electron chi connectivity index (χ1n) is 8.62. The summed E-state index contributed by atoms with van der Waals surface area (Å²) in [6.07, 6.45) is 1.71. The van der Waals surface area contributed by atoms with Gasteiger partial charge in [-0.05, 0) is 64.7 Å². The van der Waals surface area contributed by atoms with Gasteiger partial charge in [0.15, 0.2) is 0 Å². The van der Waals surface area contributed by atoms with Crippen LogP contribution in [0.2, 0.25) is 0 Å². The summed E-state index contributed by atoms with van der Waals surface area (Å²) >= 11 is 3.34. The van der Waals surface area contributed by atoms with E-state index in [4.69, 9.17) is 0 Å². The lowest BCUT2D eigenvalue weighted by atomic mass is 10.1. The van der Waals surface area contributed by atoms with E-state index in [-0.39, 0.29) is 22.4 Å². The number of anilines is 1. The number of rotatable bonds is 7. The van der Waals surface area contributed by atoms with Crippen molar-refractivity contribution in [3.05, 3.63) is 58.1 Å². The van der Waals surface area contributed by atoms with Crippen molar-refractivity contribution < 1.29 is 13.2 Å². The van der Waals surface area contributed by atoms with E-state index in [0.717, 1.165) is 24.1 Å². The second-order valence-corrected chi connectivity index (χ2v) is 9.35. The van der Waals surface area contributed by atoms with Gasteiger partial charge in [0, 0.05) is 36.8 Å². The molecule has 0 aromatic heterocycles. The predicted molar refractivity (Wildman–Crippen MR) is 109 cm³/mol. The summed E-state index contributed by atoms with van der Waals surface area (Å²) in [5.74, 6) is -0.333. The van der Waals surface area contributed by atoms with Gasteiger partial charge in [0.05, 0.1) is 10.5 Å². The van der Waals surface area contributed by atoms with Crippen LogP contribution in [0.1, 0.15) is 28.8 Å². The fourth-order valence-corrected chi connectivity index (χ4v) is 4.31. The summed E-state index contributed by atoms with van der Waals surface area (Å²) < 4.78 is 27.9. The number of sulfonamides is 1. The van der Waals surface area contributed by atoms with Crippen LogP contribution in [0.15, 0.2) is 51.8 Å². The molecule has 0 aliphatic heterocycles. The standard InChI is InChI=1S/C19H22BrN3O3S/c1-23(2)15-5-3-4-13(10-15)12-21-19(24)17-11-16(8-9-18(17)20)27(25,26)22-14-6-7-14/h3-5,8-11,14,22H,6-7,12H2,1-2H3,(H,21,24). The molecule has 144 valence electrons. The molecule has 2 aromatic rings. The van der Waals surface area contributed by atoms with Crippen LogP contribution in [0.5, 0.6) is 0 Å². The van der Waals surface area contributed by atoms with Crippen LogP contribution in [0.25, 0.3) is 0 Å². The molecule has 1 saturated carbocycles. The number of amides is 1. The maximum atomic E-state index is 12.6. The van der Waals surface area contributed by atoms with Crippen molar-refractivity contribution in [1.82, 2.24) is 10.0 Å². The van der Waals surface area contributed by atoms with Gasteiger partial charge in [-0.15, -0.1) is 0 Å². The molecule has 6 nitrogen and oxygen atoms in total. The minimum absolute atomic E-state index is 0.0138. The Balaban J connectivity index is 1.74. The summed E-state index contributed by atoms with van der Waals surface area (Å²) in [7, 11) is 0.301. The second-order valence-electron chi connectivity index (χ2n) is 6.78. The Bertz CT molecular complexity index is 956. The Hall–Kier alpha value is -1.90. The molecule has 2 N–H and O–H groups in total. The van der Waals surface area contributed by atoms with Gasteiger partial charge in [0.2, 0.25) is 10.0 Å². The molecule has 0 unspecified atom stereocenters. The van der Waals surface area contributed by atoms with Gasteiger partial charge in [-0.1, -0.05) is 12.1 Å². The summed E-state index contributed by atoms with van der Waals surface area (Å²) in [5.41, 5.74) is 2.30. The van der Waals surface area contributed by atoms with Gasteiger partial charge in [0.1, 0.15) is 0 Å². The van der Waals surface area contributed by atoms with Crippen molar-refractivity contribution >= 4 is 37.5 Å². The van der Waals surface area contributed by atoms with Gasteiger partial charge in [-0.25, -0.2) is 13.1 Å². The molecule has 0 bridgehead atoms. The lowest BCUT2D eigenvalue weighted by Crippen LogP contribution is -2.27. The van der Waals surface area contributed by atoms with Crippen molar-refractivity contribution in [3.8, 4) is 0 Å². The highest BCUT2D eigenvalue weighted by Gasteiger charge is 2.28. The molecule has 3 rings (SSSR count). The van der Waals surface area contributed by atoms with Crippen molar-refractivity contribution in [1.29, 1.82) is 0 Å². The molecule has 0 atom stereocenters. The molecule has 1 fully saturated rings. The van der Waals surface area contributed by atoms with E-state index in [0.29, 0.717) is 11.0 Å². The number of hydrogen-bond acceptors (Lipinski definition) is 4. The fraction of sp³-hybridized carbons (Fsp3) is 0.316. The third-order valence-electron chi connectivity index (χ3n) is 4.27. The third-order valence-corrected chi connectivity index (χ3v) is 6.48.